The Kier molecular flexibility index (Phi) is 7.40. The maximum Gasteiger partial charge on any atom is 0.0829 e. The SMILES string of the molecule is CC(C)CN1CCOC(CN2CCCN(CCO)CC2)C1. The second kappa shape index (κ2) is 9.06. The number of hydrogen-bond acceptors (Lipinski definition) is 5. The lowest BCUT2D eigenvalue weighted by Gasteiger charge is -2.36. The zero-order valence-electron chi connectivity index (χ0n) is 13.8. The van der Waals surface area contributed by atoms with Gasteiger partial charge in [0.2, 0.25) is 0 Å². The van der Waals surface area contributed by atoms with Crippen molar-refractivity contribution in [1.29, 1.82) is 0 Å². The zero-order valence-corrected chi connectivity index (χ0v) is 13.8. The molecule has 21 heavy (non-hydrogen) atoms. The molecule has 2 saturated heterocycles. The van der Waals surface area contributed by atoms with Gasteiger partial charge in [-0.1, -0.05) is 13.8 Å². The molecule has 0 amide bonds. The van der Waals surface area contributed by atoms with Crippen LogP contribution < -0.4 is 0 Å². The highest BCUT2D eigenvalue weighted by atomic mass is 16.5. The van der Waals surface area contributed by atoms with E-state index < -0.39 is 0 Å². The summed E-state index contributed by atoms with van der Waals surface area (Å²) in [4.78, 5) is 7.46. The van der Waals surface area contributed by atoms with Crippen molar-refractivity contribution < 1.29 is 9.84 Å². The van der Waals surface area contributed by atoms with Crippen molar-refractivity contribution in [3.63, 3.8) is 0 Å². The lowest BCUT2D eigenvalue weighted by molar-refractivity contribution is -0.0455. The minimum atomic E-state index is 0.274. The van der Waals surface area contributed by atoms with Gasteiger partial charge in [0.1, 0.15) is 0 Å². The molecule has 124 valence electrons. The van der Waals surface area contributed by atoms with E-state index in [1.54, 1.807) is 0 Å². The Morgan fingerprint density at radius 2 is 1.81 bits per heavy atom. The molecule has 1 N–H and O–H groups in total. The number of hydrogen-bond donors (Lipinski definition) is 1. The normalized spacial score (nSPS) is 27.1. The molecular formula is C16H33N3O2. The lowest BCUT2D eigenvalue weighted by atomic mass is 10.1. The van der Waals surface area contributed by atoms with E-state index in [2.05, 4.69) is 28.5 Å². The highest BCUT2D eigenvalue weighted by molar-refractivity contribution is 4.78. The lowest BCUT2D eigenvalue weighted by Crippen LogP contribution is -2.49. The number of aliphatic hydroxyl groups excluding tert-OH is 1. The first-order valence-electron chi connectivity index (χ1n) is 8.57. The Morgan fingerprint density at radius 3 is 2.57 bits per heavy atom. The van der Waals surface area contributed by atoms with Crippen LogP contribution in [0.25, 0.3) is 0 Å². The van der Waals surface area contributed by atoms with Crippen LogP contribution in [0.3, 0.4) is 0 Å². The topological polar surface area (TPSA) is 39.2 Å². The molecule has 2 heterocycles. The maximum absolute atomic E-state index is 9.06. The molecule has 5 nitrogen and oxygen atoms in total. The Morgan fingerprint density at radius 1 is 1.05 bits per heavy atom. The van der Waals surface area contributed by atoms with Gasteiger partial charge in [0.15, 0.2) is 0 Å². The van der Waals surface area contributed by atoms with Crippen LogP contribution in [0.1, 0.15) is 20.3 Å². The fraction of sp³-hybridized carbons (Fsp3) is 1.00. The summed E-state index contributed by atoms with van der Waals surface area (Å²) in [6.45, 7) is 15.4. The molecule has 2 fully saturated rings. The minimum absolute atomic E-state index is 0.274. The first kappa shape index (κ1) is 17.2. The molecule has 5 heteroatoms. The van der Waals surface area contributed by atoms with Gasteiger partial charge in [0.05, 0.1) is 19.3 Å². The molecule has 1 unspecified atom stereocenters. The van der Waals surface area contributed by atoms with Crippen LogP contribution >= 0.6 is 0 Å². The highest BCUT2D eigenvalue weighted by Gasteiger charge is 2.24. The molecule has 0 aromatic carbocycles. The van der Waals surface area contributed by atoms with E-state index in [1.165, 1.54) is 13.0 Å². The molecule has 0 bridgehead atoms. The van der Waals surface area contributed by atoms with Crippen molar-refractivity contribution in [2.75, 3.05) is 72.1 Å². The highest BCUT2D eigenvalue weighted by Crippen LogP contribution is 2.11. The number of nitrogens with zero attached hydrogens (tertiary/aromatic N) is 3. The summed E-state index contributed by atoms with van der Waals surface area (Å²) in [6.07, 6.45) is 1.56. The monoisotopic (exact) mass is 299 g/mol. The van der Waals surface area contributed by atoms with Crippen LogP contribution in [-0.4, -0.2) is 98.0 Å². The third-order valence-electron chi connectivity index (χ3n) is 4.41. The molecule has 0 aliphatic carbocycles. The quantitative estimate of drug-likeness (QED) is 0.766. The first-order chi connectivity index (χ1) is 10.2. The minimum Gasteiger partial charge on any atom is -0.395 e. The van der Waals surface area contributed by atoms with Gasteiger partial charge < -0.3 is 9.84 Å². The van der Waals surface area contributed by atoms with Gasteiger partial charge in [-0.15, -0.1) is 0 Å². The van der Waals surface area contributed by atoms with Crippen LogP contribution in [0, 0.1) is 5.92 Å². The Labute approximate surface area is 129 Å². The van der Waals surface area contributed by atoms with Gasteiger partial charge in [0, 0.05) is 45.8 Å². The van der Waals surface area contributed by atoms with Crippen molar-refractivity contribution in [2.24, 2.45) is 5.92 Å². The third kappa shape index (κ3) is 6.20. The van der Waals surface area contributed by atoms with Gasteiger partial charge in [-0.2, -0.15) is 0 Å². The first-order valence-corrected chi connectivity index (χ1v) is 8.57. The van der Waals surface area contributed by atoms with Crippen LogP contribution in [0.2, 0.25) is 0 Å². The second-order valence-corrected chi connectivity index (χ2v) is 6.87. The van der Waals surface area contributed by atoms with Crippen molar-refractivity contribution >= 4 is 0 Å². The summed E-state index contributed by atoms with van der Waals surface area (Å²) in [7, 11) is 0. The van der Waals surface area contributed by atoms with Gasteiger partial charge in [-0.3, -0.25) is 14.7 Å². The van der Waals surface area contributed by atoms with Crippen molar-refractivity contribution in [3.8, 4) is 0 Å². The van der Waals surface area contributed by atoms with Crippen LogP contribution in [-0.2, 0) is 4.74 Å². The van der Waals surface area contributed by atoms with Gasteiger partial charge >= 0.3 is 0 Å². The molecule has 2 rings (SSSR count). The summed E-state index contributed by atoms with van der Waals surface area (Å²) >= 11 is 0. The third-order valence-corrected chi connectivity index (χ3v) is 4.41. The van der Waals surface area contributed by atoms with Crippen LogP contribution in [0.15, 0.2) is 0 Å². The van der Waals surface area contributed by atoms with Gasteiger partial charge in [-0.05, 0) is 25.4 Å². The standard InChI is InChI=1S/C16H33N3O2/c1-15(2)12-19-9-11-21-16(14-19)13-18-5-3-4-17(6-7-18)8-10-20/h15-16,20H,3-14H2,1-2H3. The number of morpholine rings is 1. The molecule has 0 spiro atoms. The molecular weight excluding hydrogens is 266 g/mol. The maximum atomic E-state index is 9.06. The number of β-amino-alcohol motifs (C(OH)–C–C–N with tert-alkyl or cyclic N) is 1. The smallest absolute Gasteiger partial charge is 0.0829 e. The Hall–Kier alpha value is -0.200. The van der Waals surface area contributed by atoms with E-state index in [0.29, 0.717) is 6.10 Å². The summed E-state index contributed by atoms with van der Waals surface area (Å²) in [5.41, 5.74) is 0. The van der Waals surface area contributed by atoms with Gasteiger partial charge in [0.25, 0.3) is 0 Å². The molecule has 0 aromatic heterocycles. The van der Waals surface area contributed by atoms with E-state index >= 15 is 0 Å². The summed E-state index contributed by atoms with van der Waals surface area (Å²) in [5.74, 6) is 0.731. The fourth-order valence-electron chi connectivity index (χ4n) is 3.43. The summed E-state index contributed by atoms with van der Waals surface area (Å²) in [6, 6.07) is 0. The Balaban J connectivity index is 1.73. The van der Waals surface area contributed by atoms with E-state index in [1.807, 2.05) is 0 Å². The number of ether oxygens (including phenoxy) is 1. The van der Waals surface area contributed by atoms with Crippen molar-refractivity contribution in [3.05, 3.63) is 0 Å². The summed E-state index contributed by atoms with van der Waals surface area (Å²) in [5, 5.41) is 9.06. The molecule has 1 atom stereocenters. The van der Waals surface area contributed by atoms with E-state index in [9.17, 15) is 0 Å². The predicted octanol–water partition coefficient (Wildman–Crippen LogP) is 0.343. The summed E-state index contributed by atoms with van der Waals surface area (Å²) < 4.78 is 5.97. The average molecular weight is 299 g/mol. The largest absolute Gasteiger partial charge is 0.395 e. The number of rotatable bonds is 6. The van der Waals surface area contributed by atoms with Crippen LogP contribution in [0.5, 0.6) is 0 Å². The van der Waals surface area contributed by atoms with E-state index in [-0.39, 0.29) is 6.61 Å². The molecule has 2 aliphatic heterocycles. The van der Waals surface area contributed by atoms with Crippen LogP contribution in [0.4, 0.5) is 0 Å². The molecule has 0 radical (unpaired) electrons. The van der Waals surface area contributed by atoms with E-state index in [0.717, 1.165) is 64.9 Å². The molecule has 0 aromatic rings. The Bertz CT molecular complexity index is 289. The number of aliphatic hydroxyl groups is 1. The van der Waals surface area contributed by atoms with Crippen molar-refractivity contribution in [2.45, 2.75) is 26.4 Å². The van der Waals surface area contributed by atoms with Crippen molar-refractivity contribution in [1.82, 2.24) is 14.7 Å². The predicted molar refractivity (Wildman–Crippen MR) is 85.6 cm³/mol. The average Bonchev–Trinajstić information content (AvgIpc) is 2.65. The van der Waals surface area contributed by atoms with E-state index in [4.69, 9.17) is 9.84 Å². The van der Waals surface area contributed by atoms with Gasteiger partial charge in [-0.25, -0.2) is 0 Å². The molecule has 2 aliphatic rings. The molecule has 0 saturated carbocycles. The fourth-order valence-corrected chi connectivity index (χ4v) is 3.43. The zero-order chi connectivity index (χ0) is 15.1. The second-order valence-electron chi connectivity index (χ2n) is 6.87.